The first kappa shape index (κ1) is 29.2. The highest BCUT2D eigenvalue weighted by Gasteiger charge is 2.30. The van der Waals surface area contributed by atoms with Crippen molar-refractivity contribution in [2.24, 2.45) is 0 Å². The van der Waals surface area contributed by atoms with E-state index in [0.717, 1.165) is 17.5 Å². The van der Waals surface area contributed by atoms with Gasteiger partial charge in [0.05, 0.1) is 0 Å². The number of amides is 1. The maximum atomic E-state index is 11.6. The van der Waals surface area contributed by atoms with Crippen LogP contribution in [0.3, 0.4) is 0 Å². The minimum Gasteiger partial charge on any atom is -0.406 e. The first-order chi connectivity index (χ1) is 16.1. The Hall–Kier alpha value is -2.84. The van der Waals surface area contributed by atoms with Crippen molar-refractivity contribution in [3.05, 3.63) is 77.4 Å². The number of alkyl halides is 3. The SMILES string of the molecule is C=CC(=O)NCC(NC)c1c(CCO)cccc1C(C)CC.Cc1ccc(OC(F)(F)F)cc1. The van der Waals surface area contributed by atoms with E-state index >= 15 is 0 Å². The summed E-state index contributed by atoms with van der Waals surface area (Å²) in [6.45, 7) is 10.3. The first-order valence-electron chi connectivity index (χ1n) is 11.2. The number of likely N-dealkylation sites (N-methyl/N-ethyl adjacent to an activating group) is 1. The molecular formula is C26H35F3N2O3. The second kappa shape index (κ2) is 14.4. The molecule has 188 valence electrons. The van der Waals surface area contributed by atoms with Crippen molar-refractivity contribution >= 4 is 5.91 Å². The second-order valence-electron chi connectivity index (χ2n) is 7.85. The summed E-state index contributed by atoms with van der Waals surface area (Å²) in [5, 5.41) is 15.5. The molecule has 5 nitrogen and oxygen atoms in total. The number of halogens is 3. The number of nitrogens with one attached hydrogen (secondary N) is 2. The fourth-order valence-electron chi connectivity index (χ4n) is 3.41. The van der Waals surface area contributed by atoms with E-state index in [9.17, 15) is 23.1 Å². The number of aliphatic hydroxyl groups is 1. The Labute approximate surface area is 200 Å². The number of hydrogen-bond acceptors (Lipinski definition) is 4. The van der Waals surface area contributed by atoms with Crippen molar-refractivity contribution < 1.29 is 27.8 Å². The van der Waals surface area contributed by atoms with E-state index in [2.05, 4.69) is 47.9 Å². The van der Waals surface area contributed by atoms with Crippen molar-refractivity contribution in [3.8, 4) is 5.75 Å². The molecule has 0 spiro atoms. The van der Waals surface area contributed by atoms with Gasteiger partial charge < -0.3 is 20.5 Å². The molecule has 2 aromatic rings. The Morgan fingerprint density at radius 1 is 1.21 bits per heavy atom. The number of carbonyl (C=O) groups is 1. The van der Waals surface area contributed by atoms with Gasteiger partial charge in [-0.25, -0.2) is 0 Å². The molecule has 2 atom stereocenters. The van der Waals surface area contributed by atoms with Crippen LogP contribution in [0.15, 0.2) is 55.1 Å². The van der Waals surface area contributed by atoms with E-state index in [4.69, 9.17) is 0 Å². The number of aryl methyl sites for hydroxylation is 1. The molecule has 0 saturated carbocycles. The molecule has 0 bridgehead atoms. The largest absolute Gasteiger partial charge is 0.573 e. The molecule has 0 fully saturated rings. The van der Waals surface area contributed by atoms with E-state index in [0.29, 0.717) is 18.9 Å². The molecule has 0 aliphatic heterocycles. The molecule has 1 amide bonds. The summed E-state index contributed by atoms with van der Waals surface area (Å²) in [5.74, 6) is 0.0673. The Morgan fingerprint density at radius 3 is 2.35 bits per heavy atom. The standard InChI is InChI=1S/C18H28N2O2.C8H7F3O/c1-5-13(3)15-9-7-8-14(10-11-21)18(15)16(19-4)12-20-17(22)6-2;1-6-2-4-7(5-3-6)12-8(9,10)11/h6-9,13,16,19,21H,2,5,10-12H2,1,3-4H3,(H,20,22);2-5H,1H3. The van der Waals surface area contributed by atoms with Gasteiger partial charge in [0.15, 0.2) is 0 Å². The van der Waals surface area contributed by atoms with Gasteiger partial charge in [-0.05, 0) is 67.6 Å². The van der Waals surface area contributed by atoms with Crippen molar-refractivity contribution in [1.29, 1.82) is 0 Å². The summed E-state index contributed by atoms with van der Waals surface area (Å²) in [5.41, 5.74) is 4.50. The predicted molar refractivity (Wildman–Crippen MR) is 129 cm³/mol. The van der Waals surface area contributed by atoms with Gasteiger partial charge in [-0.2, -0.15) is 0 Å². The lowest BCUT2D eigenvalue weighted by atomic mass is 9.86. The third-order valence-corrected chi connectivity index (χ3v) is 5.37. The quantitative estimate of drug-likeness (QED) is 0.409. The molecule has 0 aromatic heterocycles. The van der Waals surface area contributed by atoms with Gasteiger partial charge in [0.25, 0.3) is 0 Å². The summed E-state index contributed by atoms with van der Waals surface area (Å²) < 4.78 is 38.5. The normalized spacial score (nSPS) is 12.7. The predicted octanol–water partition coefficient (Wildman–Crippen LogP) is 5.19. The summed E-state index contributed by atoms with van der Waals surface area (Å²) in [6, 6.07) is 11.9. The Morgan fingerprint density at radius 2 is 1.85 bits per heavy atom. The number of aliphatic hydroxyl groups excluding tert-OH is 1. The highest BCUT2D eigenvalue weighted by atomic mass is 19.4. The van der Waals surface area contributed by atoms with Crippen LogP contribution in [0.4, 0.5) is 13.2 Å². The Kier molecular flexibility index (Phi) is 12.4. The minimum atomic E-state index is -4.60. The number of hydrogen-bond donors (Lipinski definition) is 3. The Balaban J connectivity index is 0.000000404. The van der Waals surface area contributed by atoms with E-state index in [1.165, 1.54) is 29.3 Å². The fraction of sp³-hybridized carbons (Fsp3) is 0.423. The van der Waals surface area contributed by atoms with Gasteiger partial charge in [-0.3, -0.25) is 4.79 Å². The summed E-state index contributed by atoms with van der Waals surface area (Å²) in [6.07, 6.45) is -1.66. The van der Waals surface area contributed by atoms with Gasteiger partial charge in [0.2, 0.25) is 5.91 Å². The maximum absolute atomic E-state index is 11.6. The van der Waals surface area contributed by atoms with Crippen LogP contribution >= 0.6 is 0 Å². The maximum Gasteiger partial charge on any atom is 0.573 e. The van der Waals surface area contributed by atoms with Crippen LogP contribution in [0.1, 0.15) is 54.5 Å². The van der Waals surface area contributed by atoms with Crippen LogP contribution in [0.2, 0.25) is 0 Å². The topological polar surface area (TPSA) is 70.6 Å². The van der Waals surface area contributed by atoms with E-state index < -0.39 is 6.36 Å². The molecule has 0 saturated heterocycles. The van der Waals surface area contributed by atoms with Gasteiger partial charge in [-0.1, -0.05) is 56.3 Å². The van der Waals surface area contributed by atoms with Gasteiger partial charge in [0, 0.05) is 19.2 Å². The molecule has 0 heterocycles. The number of benzene rings is 2. The monoisotopic (exact) mass is 480 g/mol. The van der Waals surface area contributed by atoms with Crippen LogP contribution in [0.5, 0.6) is 5.75 Å². The minimum absolute atomic E-state index is 0.00986. The molecule has 2 rings (SSSR count). The number of rotatable bonds is 10. The molecule has 0 radical (unpaired) electrons. The van der Waals surface area contributed by atoms with Crippen molar-refractivity contribution in [2.75, 3.05) is 20.2 Å². The van der Waals surface area contributed by atoms with Crippen molar-refractivity contribution in [2.45, 2.75) is 51.9 Å². The molecule has 0 aliphatic rings. The van der Waals surface area contributed by atoms with Crippen molar-refractivity contribution in [3.63, 3.8) is 0 Å². The highest BCUT2D eigenvalue weighted by molar-refractivity contribution is 5.86. The fourth-order valence-corrected chi connectivity index (χ4v) is 3.41. The lowest BCUT2D eigenvalue weighted by Gasteiger charge is -2.26. The molecule has 0 aliphatic carbocycles. The van der Waals surface area contributed by atoms with Crippen LogP contribution in [0.25, 0.3) is 0 Å². The van der Waals surface area contributed by atoms with Crippen LogP contribution in [0, 0.1) is 6.92 Å². The average Bonchev–Trinajstić information content (AvgIpc) is 2.80. The highest BCUT2D eigenvalue weighted by Crippen LogP contribution is 2.30. The van der Waals surface area contributed by atoms with Crippen molar-refractivity contribution in [1.82, 2.24) is 10.6 Å². The van der Waals surface area contributed by atoms with E-state index in [-0.39, 0.29) is 24.3 Å². The molecule has 34 heavy (non-hydrogen) atoms. The molecule has 2 aromatic carbocycles. The second-order valence-corrected chi connectivity index (χ2v) is 7.85. The molecular weight excluding hydrogens is 445 g/mol. The number of ether oxygens (including phenoxy) is 1. The third-order valence-electron chi connectivity index (χ3n) is 5.37. The smallest absolute Gasteiger partial charge is 0.406 e. The average molecular weight is 481 g/mol. The Bertz CT molecular complexity index is 899. The van der Waals surface area contributed by atoms with Gasteiger partial charge in [-0.15, -0.1) is 13.2 Å². The first-order valence-corrected chi connectivity index (χ1v) is 11.2. The zero-order chi connectivity index (χ0) is 25.7. The summed E-state index contributed by atoms with van der Waals surface area (Å²) >= 11 is 0. The zero-order valence-corrected chi connectivity index (χ0v) is 20.2. The van der Waals surface area contributed by atoms with E-state index in [1.807, 2.05) is 13.1 Å². The van der Waals surface area contributed by atoms with Crippen LogP contribution < -0.4 is 15.4 Å². The van der Waals surface area contributed by atoms with Gasteiger partial charge >= 0.3 is 6.36 Å². The molecule has 2 unspecified atom stereocenters. The number of carbonyl (C=O) groups excluding carboxylic acids is 1. The van der Waals surface area contributed by atoms with Crippen LogP contribution in [-0.2, 0) is 11.2 Å². The van der Waals surface area contributed by atoms with Crippen LogP contribution in [-0.4, -0.2) is 37.6 Å². The lowest BCUT2D eigenvalue weighted by molar-refractivity contribution is -0.274. The van der Waals surface area contributed by atoms with E-state index in [1.54, 1.807) is 19.1 Å². The van der Waals surface area contributed by atoms with Gasteiger partial charge in [0.1, 0.15) is 5.75 Å². The molecule has 3 N–H and O–H groups in total. The lowest BCUT2D eigenvalue weighted by Crippen LogP contribution is -2.34. The summed E-state index contributed by atoms with van der Waals surface area (Å²) in [4.78, 5) is 11.5. The summed E-state index contributed by atoms with van der Waals surface area (Å²) in [7, 11) is 1.89. The zero-order valence-electron chi connectivity index (χ0n) is 20.2. The molecule has 8 heteroatoms. The third kappa shape index (κ3) is 9.97.